The summed E-state index contributed by atoms with van der Waals surface area (Å²) in [5.41, 5.74) is -0.173. The van der Waals surface area contributed by atoms with Crippen molar-refractivity contribution >= 4 is 5.91 Å². The van der Waals surface area contributed by atoms with E-state index in [1.807, 2.05) is 13.8 Å². The summed E-state index contributed by atoms with van der Waals surface area (Å²) in [7, 11) is 0. The van der Waals surface area contributed by atoms with Crippen LogP contribution < -0.4 is 5.32 Å². The van der Waals surface area contributed by atoms with Crippen LogP contribution in [0.15, 0.2) is 0 Å². The van der Waals surface area contributed by atoms with Crippen LogP contribution in [0.25, 0.3) is 0 Å². The van der Waals surface area contributed by atoms with Crippen molar-refractivity contribution < 1.29 is 9.53 Å². The molecule has 1 rings (SSSR count). The first-order valence-corrected chi connectivity index (χ1v) is 3.01. The first-order chi connectivity index (χ1) is 4.10. The van der Waals surface area contributed by atoms with Crippen molar-refractivity contribution in [1.29, 1.82) is 0 Å². The molecule has 1 fully saturated rings. The molecule has 1 saturated heterocycles. The van der Waals surface area contributed by atoms with Gasteiger partial charge < -0.3 is 10.1 Å². The monoisotopic (exact) mass is 129 g/mol. The molecule has 1 amide bonds. The number of ether oxygens (including phenoxy) is 1. The van der Waals surface area contributed by atoms with Crippen LogP contribution >= 0.6 is 0 Å². The van der Waals surface area contributed by atoms with E-state index in [2.05, 4.69) is 5.32 Å². The van der Waals surface area contributed by atoms with Crippen LogP contribution in [0.4, 0.5) is 0 Å². The van der Waals surface area contributed by atoms with Gasteiger partial charge in [-0.1, -0.05) is 0 Å². The predicted molar refractivity (Wildman–Crippen MR) is 33.0 cm³/mol. The molecule has 1 aliphatic heterocycles. The lowest BCUT2D eigenvalue weighted by molar-refractivity contribution is -0.139. The first kappa shape index (κ1) is 6.55. The van der Waals surface area contributed by atoms with Gasteiger partial charge in [0, 0.05) is 6.54 Å². The van der Waals surface area contributed by atoms with Crippen molar-refractivity contribution in [2.45, 2.75) is 19.4 Å². The second-order valence-electron chi connectivity index (χ2n) is 2.83. The summed E-state index contributed by atoms with van der Waals surface area (Å²) in [5.74, 6) is -0.0191. The summed E-state index contributed by atoms with van der Waals surface area (Å²) < 4.78 is 5.17. The average molecular weight is 129 g/mol. The summed E-state index contributed by atoms with van der Waals surface area (Å²) in [6, 6.07) is 0. The SMILES string of the molecule is CC1(C)CNC(=O)CO1. The molecule has 0 aliphatic carbocycles. The second-order valence-corrected chi connectivity index (χ2v) is 2.83. The van der Waals surface area contributed by atoms with E-state index >= 15 is 0 Å². The quantitative estimate of drug-likeness (QED) is 0.496. The lowest BCUT2D eigenvalue weighted by Gasteiger charge is -2.29. The van der Waals surface area contributed by atoms with Gasteiger partial charge in [0.2, 0.25) is 5.91 Å². The third kappa shape index (κ3) is 1.68. The average Bonchev–Trinajstić information content (AvgIpc) is 1.78. The number of hydrogen-bond acceptors (Lipinski definition) is 2. The van der Waals surface area contributed by atoms with Crippen LogP contribution in [0.2, 0.25) is 0 Å². The molecule has 9 heavy (non-hydrogen) atoms. The molecule has 3 nitrogen and oxygen atoms in total. The van der Waals surface area contributed by atoms with E-state index in [4.69, 9.17) is 4.74 Å². The van der Waals surface area contributed by atoms with E-state index in [-0.39, 0.29) is 18.1 Å². The van der Waals surface area contributed by atoms with Crippen molar-refractivity contribution in [1.82, 2.24) is 5.32 Å². The zero-order chi connectivity index (χ0) is 6.91. The Morgan fingerprint density at radius 2 is 2.33 bits per heavy atom. The van der Waals surface area contributed by atoms with Gasteiger partial charge in [0.05, 0.1) is 5.60 Å². The number of morpholine rings is 1. The fourth-order valence-corrected chi connectivity index (χ4v) is 0.674. The van der Waals surface area contributed by atoms with Crippen LogP contribution in [0.1, 0.15) is 13.8 Å². The molecule has 0 aromatic rings. The summed E-state index contributed by atoms with van der Waals surface area (Å²) in [6.45, 7) is 4.72. The largest absolute Gasteiger partial charge is 0.364 e. The molecule has 1 aliphatic rings. The van der Waals surface area contributed by atoms with E-state index in [9.17, 15) is 4.79 Å². The zero-order valence-corrected chi connectivity index (χ0v) is 5.73. The minimum atomic E-state index is -0.173. The Bertz CT molecular complexity index is 119. The normalized spacial score (nSPS) is 25.3. The van der Waals surface area contributed by atoms with E-state index in [0.29, 0.717) is 6.54 Å². The Morgan fingerprint density at radius 3 is 2.67 bits per heavy atom. The number of nitrogens with one attached hydrogen (secondary N) is 1. The summed E-state index contributed by atoms with van der Waals surface area (Å²) in [4.78, 5) is 10.5. The Morgan fingerprint density at radius 1 is 1.67 bits per heavy atom. The molecule has 0 bridgehead atoms. The highest BCUT2D eigenvalue weighted by Crippen LogP contribution is 2.09. The molecule has 0 aromatic heterocycles. The number of carbonyl (C=O) groups is 1. The standard InChI is InChI=1S/C6H11NO2/c1-6(2)4-7-5(8)3-9-6/h3-4H2,1-2H3,(H,7,8). The molecule has 52 valence electrons. The number of hydrogen-bond donors (Lipinski definition) is 1. The number of amides is 1. The number of carbonyl (C=O) groups excluding carboxylic acids is 1. The van der Waals surface area contributed by atoms with Crippen LogP contribution in [0.3, 0.4) is 0 Å². The van der Waals surface area contributed by atoms with Gasteiger partial charge in [-0.2, -0.15) is 0 Å². The fourth-order valence-electron chi connectivity index (χ4n) is 0.674. The molecule has 0 aromatic carbocycles. The van der Waals surface area contributed by atoms with E-state index in [0.717, 1.165) is 0 Å². The summed E-state index contributed by atoms with van der Waals surface area (Å²) in [5, 5.41) is 2.71. The topological polar surface area (TPSA) is 38.3 Å². The van der Waals surface area contributed by atoms with Gasteiger partial charge in [0.25, 0.3) is 0 Å². The maximum absolute atomic E-state index is 10.5. The van der Waals surface area contributed by atoms with Gasteiger partial charge in [0.15, 0.2) is 0 Å². The van der Waals surface area contributed by atoms with E-state index in [1.165, 1.54) is 0 Å². The Labute approximate surface area is 54.4 Å². The minimum Gasteiger partial charge on any atom is -0.364 e. The first-order valence-electron chi connectivity index (χ1n) is 3.01. The lowest BCUT2D eigenvalue weighted by Crippen LogP contribution is -2.48. The maximum atomic E-state index is 10.5. The molecule has 1 heterocycles. The van der Waals surface area contributed by atoms with Crippen molar-refractivity contribution in [3.63, 3.8) is 0 Å². The van der Waals surface area contributed by atoms with E-state index < -0.39 is 0 Å². The molecule has 1 N–H and O–H groups in total. The summed E-state index contributed by atoms with van der Waals surface area (Å²) >= 11 is 0. The van der Waals surface area contributed by atoms with Crippen molar-refractivity contribution in [3.05, 3.63) is 0 Å². The smallest absolute Gasteiger partial charge is 0.246 e. The highest BCUT2D eigenvalue weighted by atomic mass is 16.5. The third-order valence-corrected chi connectivity index (χ3v) is 1.31. The summed E-state index contributed by atoms with van der Waals surface area (Å²) in [6.07, 6.45) is 0. The van der Waals surface area contributed by atoms with Crippen molar-refractivity contribution in [2.24, 2.45) is 0 Å². The number of rotatable bonds is 0. The van der Waals surface area contributed by atoms with E-state index in [1.54, 1.807) is 0 Å². The molecule has 0 saturated carbocycles. The Kier molecular flexibility index (Phi) is 1.45. The van der Waals surface area contributed by atoms with Gasteiger partial charge in [-0.05, 0) is 13.8 Å². The molecule has 0 spiro atoms. The molecular formula is C6H11NO2. The highest BCUT2D eigenvalue weighted by molar-refractivity contribution is 5.77. The van der Waals surface area contributed by atoms with Gasteiger partial charge in [0.1, 0.15) is 6.61 Å². The predicted octanol–water partition coefficient (Wildman–Crippen LogP) is -0.0886. The van der Waals surface area contributed by atoms with Gasteiger partial charge >= 0.3 is 0 Å². The van der Waals surface area contributed by atoms with Gasteiger partial charge in [-0.25, -0.2) is 0 Å². The van der Waals surface area contributed by atoms with Gasteiger partial charge in [-0.3, -0.25) is 4.79 Å². The minimum absolute atomic E-state index is 0.0191. The van der Waals surface area contributed by atoms with Crippen LogP contribution in [-0.2, 0) is 9.53 Å². The van der Waals surface area contributed by atoms with Crippen LogP contribution in [0.5, 0.6) is 0 Å². The van der Waals surface area contributed by atoms with Crippen LogP contribution in [0, 0.1) is 0 Å². The maximum Gasteiger partial charge on any atom is 0.246 e. The van der Waals surface area contributed by atoms with Crippen LogP contribution in [-0.4, -0.2) is 24.7 Å². The van der Waals surface area contributed by atoms with Crippen molar-refractivity contribution in [3.8, 4) is 0 Å². The zero-order valence-electron chi connectivity index (χ0n) is 5.73. The fraction of sp³-hybridized carbons (Fsp3) is 0.833. The third-order valence-electron chi connectivity index (χ3n) is 1.31. The molecule has 3 heteroatoms. The highest BCUT2D eigenvalue weighted by Gasteiger charge is 2.24. The van der Waals surface area contributed by atoms with Crippen molar-refractivity contribution in [2.75, 3.05) is 13.2 Å². The Hall–Kier alpha value is -0.570. The lowest BCUT2D eigenvalue weighted by atomic mass is 10.1. The second kappa shape index (κ2) is 1.99. The molecular weight excluding hydrogens is 118 g/mol. The molecule has 0 atom stereocenters. The Balaban J connectivity index is 2.44. The van der Waals surface area contributed by atoms with Gasteiger partial charge in [-0.15, -0.1) is 0 Å². The molecule has 0 radical (unpaired) electrons. The molecule has 0 unspecified atom stereocenters.